The molecule has 0 bridgehead atoms. The molecule has 0 saturated heterocycles. The smallest absolute Gasteiger partial charge is 0.253 e. The number of nitrogens with zero attached hydrogens (tertiary/aromatic N) is 4. The monoisotopic (exact) mass is 318 g/mol. The van der Waals surface area contributed by atoms with E-state index in [0.717, 1.165) is 12.1 Å². The second-order valence-corrected chi connectivity index (χ2v) is 6.13. The van der Waals surface area contributed by atoms with E-state index >= 15 is 0 Å². The molecule has 1 heterocycles. The minimum absolute atomic E-state index is 0.0589. The van der Waals surface area contributed by atoms with E-state index in [1.807, 2.05) is 42.3 Å². The van der Waals surface area contributed by atoms with Crippen molar-refractivity contribution in [2.24, 2.45) is 0 Å². The van der Waals surface area contributed by atoms with Gasteiger partial charge in [0.2, 0.25) is 0 Å². The lowest BCUT2D eigenvalue weighted by Gasteiger charge is -2.18. The number of amides is 1. The summed E-state index contributed by atoms with van der Waals surface area (Å²) in [5.74, 6) is 0.512. The van der Waals surface area contributed by atoms with Gasteiger partial charge in [0.15, 0.2) is 0 Å². The first-order valence-corrected chi connectivity index (χ1v) is 8.03. The summed E-state index contributed by atoms with van der Waals surface area (Å²) < 4.78 is 1.67. The summed E-state index contributed by atoms with van der Waals surface area (Å²) in [6, 6.07) is 18.1. The molecule has 3 aromatic rings. The van der Waals surface area contributed by atoms with Gasteiger partial charge in [0.1, 0.15) is 0 Å². The molecule has 2 aromatic carbocycles. The first kappa shape index (κ1) is 14.6. The molecular formula is C19H18N4O. The van der Waals surface area contributed by atoms with Crippen molar-refractivity contribution in [1.82, 2.24) is 19.9 Å². The Labute approximate surface area is 140 Å². The third kappa shape index (κ3) is 2.69. The fraction of sp³-hybridized carbons (Fsp3) is 0.211. The van der Waals surface area contributed by atoms with Crippen LogP contribution < -0.4 is 0 Å². The minimum atomic E-state index is 0.0589. The predicted molar refractivity (Wildman–Crippen MR) is 91.0 cm³/mol. The van der Waals surface area contributed by atoms with Crippen molar-refractivity contribution in [2.75, 3.05) is 7.05 Å². The molecule has 1 aromatic heterocycles. The van der Waals surface area contributed by atoms with Crippen LogP contribution >= 0.6 is 0 Å². The predicted octanol–water partition coefficient (Wildman–Crippen LogP) is 2.90. The van der Waals surface area contributed by atoms with E-state index in [0.29, 0.717) is 11.5 Å². The van der Waals surface area contributed by atoms with E-state index < -0.39 is 0 Å². The molecule has 120 valence electrons. The van der Waals surface area contributed by atoms with Crippen LogP contribution in [0.25, 0.3) is 5.69 Å². The number of hydrogen-bond donors (Lipinski definition) is 0. The van der Waals surface area contributed by atoms with E-state index in [1.54, 1.807) is 17.1 Å². The lowest BCUT2D eigenvalue weighted by Crippen LogP contribution is -2.29. The van der Waals surface area contributed by atoms with Crippen molar-refractivity contribution in [3.63, 3.8) is 0 Å². The zero-order chi connectivity index (χ0) is 16.5. The Hall–Kier alpha value is -2.95. The van der Waals surface area contributed by atoms with Crippen molar-refractivity contribution >= 4 is 5.91 Å². The maximum Gasteiger partial charge on any atom is 0.253 e. The Kier molecular flexibility index (Phi) is 3.61. The van der Waals surface area contributed by atoms with Gasteiger partial charge in [0.05, 0.1) is 18.1 Å². The van der Waals surface area contributed by atoms with Crippen LogP contribution in [-0.2, 0) is 0 Å². The van der Waals surface area contributed by atoms with E-state index in [1.165, 1.54) is 5.56 Å². The van der Waals surface area contributed by atoms with Crippen LogP contribution in [-0.4, -0.2) is 38.9 Å². The first-order chi connectivity index (χ1) is 11.7. The maximum atomic E-state index is 12.7. The van der Waals surface area contributed by atoms with Crippen LogP contribution in [0.15, 0.2) is 67.0 Å². The second-order valence-electron chi connectivity index (χ2n) is 6.13. The van der Waals surface area contributed by atoms with E-state index in [2.05, 4.69) is 34.6 Å². The number of carbonyl (C=O) groups is 1. The zero-order valence-corrected chi connectivity index (χ0v) is 13.4. The molecule has 1 amide bonds. The molecule has 1 aliphatic carbocycles. The largest absolute Gasteiger partial charge is 0.338 e. The van der Waals surface area contributed by atoms with Crippen molar-refractivity contribution in [2.45, 2.75) is 18.4 Å². The van der Waals surface area contributed by atoms with Gasteiger partial charge in [-0.3, -0.25) is 4.79 Å². The van der Waals surface area contributed by atoms with Crippen LogP contribution in [0.1, 0.15) is 28.3 Å². The van der Waals surface area contributed by atoms with Crippen LogP contribution in [0.4, 0.5) is 0 Å². The molecule has 2 atom stereocenters. The molecule has 0 aliphatic heterocycles. The summed E-state index contributed by atoms with van der Waals surface area (Å²) >= 11 is 0. The van der Waals surface area contributed by atoms with Gasteiger partial charge in [-0.05, 0) is 36.2 Å². The molecule has 5 nitrogen and oxygen atoms in total. The standard InChI is InChI=1S/C19H18N4O/c1-22(18-13-17(18)14-5-3-2-4-6-14)19(24)15-7-9-16(10-8-15)23-12-11-20-21-23/h2-12,17-18H,13H2,1H3/t17-,18-/m0/s1. The van der Waals surface area contributed by atoms with Crippen LogP contribution in [0, 0.1) is 0 Å². The highest BCUT2D eigenvalue weighted by Crippen LogP contribution is 2.44. The van der Waals surface area contributed by atoms with E-state index in [-0.39, 0.29) is 11.9 Å². The third-order valence-electron chi connectivity index (χ3n) is 4.60. The minimum Gasteiger partial charge on any atom is -0.338 e. The summed E-state index contributed by atoms with van der Waals surface area (Å²) in [6.45, 7) is 0. The molecular weight excluding hydrogens is 300 g/mol. The van der Waals surface area contributed by atoms with Crippen molar-refractivity contribution in [3.05, 3.63) is 78.1 Å². The molecule has 0 N–H and O–H groups in total. The van der Waals surface area contributed by atoms with Crippen molar-refractivity contribution in [1.29, 1.82) is 0 Å². The Morgan fingerprint density at radius 1 is 1.12 bits per heavy atom. The quantitative estimate of drug-likeness (QED) is 0.743. The van der Waals surface area contributed by atoms with Gasteiger partial charge in [0.25, 0.3) is 5.91 Å². The lowest BCUT2D eigenvalue weighted by molar-refractivity contribution is 0.0782. The Morgan fingerprint density at radius 3 is 2.54 bits per heavy atom. The molecule has 0 spiro atoms. The second kappa shape index (κ2) is 5.92. The summed E-state index contributed by atoms with van der Waals surface area (Å²) in [4.78, 5) is 14.6. The number of benzene rings is 2. The van der Waals surface area contributed by atoms with Crippen molar-refractivity contribution in [3.8, 4) is 5.69 Å². The molecule has 1 saturated carbocycles. The number of carbonyl (C=O) groups excluding carboxylic acids is 1. The fourth-order valence-corrected chi connectivity index (χ4v) is 3.13. The number of likely N-dealkylation sites (N-methyl/N-ethyl adjacent to an activating group) is 1. The van der Waals surface area contributed by atoms with Crippen LogP contribution in [0.3, 0.4) is 0 Å². The van der Waals surface area contributed by atoms with Gasteiger partial charge in [0, 0.05) is 24.6 Å². The van der Waals surface area contributed by atoms with Crippen LogP contribution in [0.2, 0.25) is 0 Å². The van der Waals surface area contributed by atoms with Crippen LogP contribution in [0.5, 0.6) is 0 Å². The molecule has 0 unspecified atom stereocenters. The SMILES string of the molecule is CN(C(=O)c1ccc(-n2ccnn2)cc1)[C@H]1C[C@H]1c1ccccc1. The van der Waals surface area contributed by atoms with Gasteiger partial charge in [-0.1, -0.05) is 35.5 Å². The zero-order valence-electron chi connectivity index (χ0n) is 13.4. The number of rotatable bonds is 4. The average Bonchev–Trinajstić information content (AvgIpc) is 3.26. The molecule has 1 aliphatic rings. The highest BCUT2D eigenvalue weighted by atomic mass is 16.2. The molecule has 1 fully saturated rings. The highest BCUT2D eigenvalue weighted by Gasteiger charge is 2.43. The average molecular weight is 318 g/mol. The Morgan fingerprint density at radius 2 is 1.88 bits per heavy atom. The molecule has 4 rings (SSSR count). The van der Waals surface area contributed by atoms with Gasteiger partial charge in [-0.2, -0.15) is 0 Å². The van der Waals surface area contributed by atoms with Gasteiger partial charge in [-0.15, -0.1) is 5.10 Å². The number of aromatic nitrogens is 3. The third-order valence-corrected chi connectivity index (χ3v) is 4.60. The molecule has 5 heteroatoms. The molecule has 0 radical (unpaired) electrons. The van der Waals surface area contributed by atoms with E-state index in [9.17, 15) is 4.79 Å². The Balaban J connectivity index is 1.46. The maximum absolute atomic E-state index is 12.7. The number of hydrogen-bond acceptors (Lipinski definition) is 3. The Bertz CT molecular complexity index is 828. The normalized spacial score (nSPS) is 19.0. The summed E-state index contributed by atoms with van der Waals surface area (Å²) in [7, 11) is 1.89. The first-order valence-electron chi connectivity index (χ1n) is 8.03. The summed E-state index contributed by atoms with van der Waals surface area (Å²) in [6.07, 6.45) is 4.44. The van der Waals surface area contributed by atoms with Crippen molar-refractivity contribution < 1.29 is 4.79 Å². The topological polar surface area (TPSA) is 51.0 Å². The van der Waals surface area contributed by atoms with Gasteiger partial charge >= 0.3 is 0 Å². The van der Waals surface area contributed by atoms with Gasteiger partial charge < -0.3 is 4.90 Å². The highest BCUT2D eigenvalue weighted by molar-refractivity contribution is 5.94. The summed E-state index contributed by atoms with van der Waals surface area (Å²) in [5.41, 5.74) is 2.89. The summed E-state index contributed by atoms with van der Waals surface area (Å²) in [5, 5.41) is 7.74. The van der Waals surface area contributed by atoms with Gasteiger partial charge in [-0.25, -0.2) is 4.68 Å². The fourth-order valence-electron chi connectivity index (χ4n) is 3.13. The lowest BCUT2D eigenvalue weighted by atomic mass is 10.1. The molecule has 24 heavy (non-hydrogen) atoms. The van der Waals surface area contributed by atoms with E-state index in [4.69, 9.17) is 0 Å².